The van der Waals surface area contributed by atoms with Gasteiger partial charge in [-0.15, -0.1) is 11.8 Å². The monoisotopic (exact) mass is 417 g/mol. The second-order valence-electron chi connectivity index (χ2n) is 6.20. The lowest BCUT2D eigenvalue weighted by Crippen LogP contribution is -2.43. The Morgan fingerprint density at radius 1 is 1.21 bits per heavy atom. The molecular weight excluding hydrogens is 394 g/mol. The van der Waals surface area contributed by atoms with Crippen LogP contribution in [0, 0.1) is 0 Å². The molecule has 0 unspecified atom stereocenters. The largest absolute Gasteiger partial charge is 0.454 e. The average Bonchev–Trinajstić information content (AvgIpc) is 2.72. The number of ether oxygens (including phenoxy) is 1. The van der Waals surface area contributed by atoms with Gasteiger partial charge in [-0.05, 0) is 36.4 Å². The number of esters is 1. The van der Waals surface area contributed by atoms with E-state index in [4.69, 9.17) is 10.5 Å². The number of rotatable bonds is 8. The lowest BCUT2D eigenvalue weighted by atomic mass is 10.2. The number of nitrogens with zero attached hydrogens (tertiary/aromatic N) is 2. The Kier molecular flexibility index (Phi) is 7.60. The number of hydrogen-bond acceptors (Lipinski definition) is 7. The normalized spacial score (nSPS) is 11.0. The van der Waals surface area contributed by atoms with Gasteiger partial charge in [0.15, 0.2) is 6.61 Å². The molecule has 1 heterocycles. The number of anilines is 1. The number of hydrogen-bond donors (Lipinski definition) is 1. The zero-order chi connectivity index (χ0) is 21.6. The highest BCUT2D eigenvalue weighted by molar-refractivity contribution is 7.98. The molecule has 0 fully saturated rings. The molecule has 9 heteroatoms. The number of carbonyl (C=O) groups excluding carboxylic acids is 2. The molecule has 0 bridgehead atoms. The van der Waals surface area contributed by atoms with Crippen molar-refractivity contribution in [2.24, 2.45) is 7.05 Å². The SMILES string of the molecule is CCCn1c(N)c(C(=O)COC(=O)/C=C/c2ccc(SC)cc2)c(=O)n(C)c1=O. The molecule has 8 nitrogen and oxygen atoms in total. The highest BCUT2D eigenvalue weighted by Gasteiger charge is 2.22. The molecule has 1 aromatic heterocycles. The number of ketones is 1. The molecule has 2 rings (SSSR count). The van der Waals surface area contributed by atoms with Gasteiger partial charge < -0.3 is 10.5 Å². The smallest absolute Gasteiger partial charge is 0.332 e. The number of Topliss-reactive ketones (excluding diaryl/α,β-unsaturated/α-hetero) is 1. The summed E-state index contributed by atoms with van der Waals surface area (Å²) in [7, 11) is 1.27. The molecule has 0 amide bonds. The predicted molar refractivity (Wildman–Crippen MR) is 113 cm³/mol. The number of carbonyl (C=O) groups is 2. The summed E-state index contributed by atoms with van der Waals surface area (Å²) in [5.41, 5.74) is 4.91. The summed E-state index contributed by atoms with van der Waals surface area (Å²) in [6, 6.07) is 7.54. The lowest BCUT2D eigenvalue weighted by Gasteiger charge is -2.13. The number of aromatic nitrogens is 2. The van der Waals surface area contributed by atoms with Gasteiger partial charge in [0.1, 0.15) is 11.4 Å². The van der Waals surface area contributed by atoms with E-state index in [1.807, 2.05) is 37.4 Å². The lowest BCUT2D eigenvalue weighted by molar-refractivity contribution is -0.136. The molecule has 0 saturated carbocycles. The Bertz CT molecular complexity index is 1050. The van der Waals surface area contributed by atoms with Crippen LogP contribution in [0.4, 0.5) is 5.82 Å². The van der Waals surface area contributed by atoms with Crippen LogP contribution in [0.2, 0.25) is 0 Å². The molecule has 0 saturated heterocycles. The summed E-state index contributed by atoms with van der Waals surface area (Å²) < 4.78 is 6.91. The first-order valence-electron chi connectivity index (χ1n) is 8.91. The van der Waals surface area contributed by atoms with Gasteiger partial charge in [-0.1, -0.05) is 19.1 Å². The Hall–Kier alpha value is -3.07. The Labute approximate surface area is 172 Å². The highest BCUT2D eigenvalue weighted by atomic mass is 32.2. The van der Waals surface area contributed by atoms with Gasteiger partial charge in [0.2, 0.25) is 5.78 Å². The summed E-state index contributed by atoms with van der Waals surface area (Å²) in [6.07, 6.45) is 5.31. The van der Waals surface area contributed by atoms with Crippen molar-refractivity contribution in [1.82, 2.24) is 9.13 Å². The summed E-state index contributed by atoms with van der Waals surface area (Å²) in [6.45, 7) is 1.44. The fraction of sp³-hybridized carbons (Fsp3) is 0.300. The van der Waals surface area contributed by atoms with Crippen molar-refractivity contribution < 1.29 is 14.3 Å². The van der Waals surface area contributed by atoms with Crippen LogP contribution in [0.15, 0.2) is 44.8 Å². The van der Waals surface area contributed by atoms with Gasteiger partial charge in [-0.2, -0.15) is 0 Å². The first-order chi connectivity index (χ1) is 13.8. The quantitative estimate of drug-likeness (QED) is 0.301. The van der Waals surface area contributed by atoms with Crippen molar-refractivity contribution in [2.75, 3.05) is 18.6 Å². The molecule has 154 valence electrons. The number of nitrogen functional groups attached to an aromatic ring is 1. The molecule has 0 atom stereocenters. The van der Waals surface area contributed by atoms with Crippen LogP contribution in [0.5, 0.6) is 0 Å². The van der Waals surface area contributed by atoms with Crippen molar-refractivity contribution in [1.29, 1.82) is 0 Å². The highest BCUT2D eigenvalue weighted by Crippen LogP contribution is 2.15. The Balaban J connectivity index is 2.12. The third kappa shape index (κ3) is 5.26. The van der Waals surface area contributed by atoms with Crippen LogP contribution in [0.3, 0.4) is 0 Å². The number of nitrogens with two attached hydrogens (primary N) is 1. The van der Waals surface area contributed by atoms with Crippen LogP contribution >= 0.6 is 11.8 Å². The van der Waals surface area contributed by atoms with Crippen molar-refractivity contribution in [3.63, 3.8) is 0 Å². The van der Waals surface area contributed by atoms with Gasteiger partial charge in [-0.3, -0.25) is 18.7 Å². The minimum Gasteiger partial charge on any atom is -0.454 e. The molecule has 0 aliphatic heterocycles. The minimum atomic E-state index is -0.815. The molecule has 0 aliphatic rings. The maximum atomic E-state index is 12.4. The van der Waals surface area contributed by atoms with Gasteiger partial charge in [0.05, 0.1) is 0 Å². The van der Waals surface area contributed by atoms with Gasteiger partial charge in [0.25, 0.3) is 5.56 Å². The molecule has 0 spiro atoms. The van der Waals surface area contributed by atoms with Crippen LogP contribution in [-0.2, 0) is 23.1 Å². The van der Waals surface area contributed by atoms with Gasteiger partial charge in [0, 0.05) is 24.6 Å². The van der Waals surface area contributed by atoms with Crippen LogP contribution in [-0.4, -0.2) is 33.7 Å². The zero-order valence-corrected chi connectivity index (χ0v) is 17.3. The third-order valence-electron chi connectivity index (χ3n) is 4.18. The second-order valence-corrected chi connectivity index (χ2v) is 7.08. The van der Waals surface area contributed by atoms with Crippen LogP contribution in [0.1, 0.15) is 29.3 Å². The molecule has 1 aromatic carbocycles. The molecule has 0 aliphatic carbocycles. The number of benzene rings is 1. The fourth-order valence-electron chi connectivity index (χ4n) is 2.62. The van der Waals surface area contributed by atoms with Crippen molar-refractivity contribution in [3.05, 3.63) is 62.3 Å². The molecular formula is C20H23N3O5S. The van der Waals surface area contributed by atoms with Gasteiger partial charge >= 0.3 is 11.7 Å². The van der Waals surface area contributed by atoms with E-state index in [0.717, 1.165) is 19.6 Å². The van der Waals surface area contributed by atoms with Crippen LogP contribution < -0.4 is 17.0 Å². The topological polar surface area (TPSA) is 113 Å². The molecule has 2 aromatic rings. The number of thioether (sulfide) groups is 1. The summed E-state index contributed by atoms with van der Waals surface area (Å²) in [5, 5.41) is 0. The third-order valence-corrected chi connectivity index (χ3v) is 4.93. The summed E-state index contributed by atoms with van der Waals surface area (Å²) >= 11 is 1.61. The Morgan fingerprint density at radius 2 is 1.86 bits per heavy atom. The minimum absolute atomic E-state index is 0.217. The maximum Gasteiger partial charge on any atom is 0.332 e. The van der Waals surface area contributed by atoms with E-state index < -0.39 is 29.6 Å². The van der Waals surface area contributed by atoms with Crippen LogP contribution in [0.25, 0.3) is 6.08 Å². The van der Waals surface area contributed by atoms with E-state index in [2.05, 4.69) is 0 Å². The summed E-state index contributed by atoms with van der Waals surface area (Å²) in [4.78, 5) is 49.9. The second kappa shape index (κ2) is 9.92. The van der Waals surface area contributed by atoms with Gasteiger partial charge in [-0.25, -0.2) is 9.59 Å². The maximum absolute atomic E-state index is 12.4. The first kappa shape index (κ1) is 22.2. The van der Waals surface area contributed by atoms with E-state index >= 15 is 0 Å². The summed E-state index contributed by atoms with van der Waals surface area (Å²) in [5.74, 6) is -1.71. The zero-order valence-electron chi connectivity index (χ0n) is 16.5. The van der Waals surface area contributed by atoms with Crippen molar-refractivity contribution >= 4 is 35.4 Å². The molecule has 2 N–H and O–H groups in total. The molecule has 0 radical (unpaired) electrons. The van der Waals surface area contributed by atoms with Crippen molar-refractivity contribution in [3.8, 4) is 0 Å². The average molecular weight is 417 g/mol. The standard InChI is InChI=1S/C20H23N3O5S/c1-4-11-23-18(21)17(19(26)22(2)20(23)27)15(24)12-28-16(25)10-7-13-5-8-14(29-3)9-6-13/h5-10H,4,11-12,21H2,1-3H3/b10-7+. The van der Waals surface area contributed by atoms with E-state index in [1.165, 1.54) is 13.1 Å². The molecule has 29 heavy (non-hydrogen) atoms. The Morgan fingerprint density at radius 3 is 2.45 bits per heavy atom. The van der Waals surface area contributed by atoms with Crippen molar-refractivity contribution in [2.45, 2.75) is 24.8 Å². The van der Waals surface area contributed by atoms with E-state index in [-0.39, 0.29) is 17.9 Å². The first-order valence-corrected chi connectivity index (χ1v) is 10.1. The fourth-order valence-corrected chi connectivity index (χ4v) is 3.03. The predicted octanol–water partition coefficient (Wildman–Crippen LogP) is 1.70. The van der Waals surface area contributed by atoms with E-state index in [9.17, 15) is 19.2 Å². The van der Waals surface area contributed by atoms with E-state index in [1.54, 1.807) is 17.8 Å². The van der Waals surface area contributed by atoms with E-state index in [0.29, 0.717) is 6.42 Å².